The summed E-state index contributed by atoms with van der Waals surface area (Å²) in [5, 5.41) is 23.1. The molecule has 3 aromatic carbocycles. The largest absolute Gasteiger partial charge is 0.443 e. The molecule has 3 aromatic rings. The fourth-order valence-corrected chi connectivity index (χ4v) is 4.73. The number of hydrazine groups is 1. The van der Waals surface area contributed by atoms with E-state index in [1.54, 1.807) is 30.3 Å². The normalized spacial score (nSPS) is 13.1. The predicted molar refractivity (Wildman–Crippen MR) is 142 cm³/mol. The van der Waals surface area contributed by atoms with Gasteiger partial charge >= 0.3 is 12.2 Å². The zero-order valence-electron chi connectivity index (χ0n) is 20.8. The fraction of sp³-hybridized carbons (Fsp3) is 0.192. The molecule has 4 rings (SSSR count). The van der Waals surface area contributed by atoms with Crippen LogP contribution in [0, 0.1) is 20.2 Å². The van der Waals surface area contributed by atoms with Gasteiger partial charge < -0.3 is 9.47 Å². The highest BCUT2D eigenvalue weighted by Crippen LogP contribution is 2.27. The first-order valence-electron chi connectivity index (χ1n) is 11.8. The molecule has 0 atom stereocenters. The molecule has 1 aliphatic rings. The number of hydrogen-bond acceptors (Lipinski definition) is 10. The van der Waals surface area contributed by atoms with E-state index < -0.39 is 27.3 Å². The van der Waals surface area contributed by atoms with Crippen LogP contribution in [0.5, 0.6) is 0 Å². The van der Waals surface area contributed by atoms with E-state index in [-0.39, 0.29) is 42.8 Å². The number of carbonyl (C=O) groups excluding carboxylic acids is 3. The lowest BCUT2D eigenvalue weighted by Gasteiger charge is -2.26. The number of nitrogens with zero attached hydrogens (tertiary/aromatic N) is 4. The second-order valence-corrected chi connectivity index (χ2v) is 9.79. The SMILES string of the molecule is O=C(SC1CN(C(=O)OCc2ccc([N+](=O)[O-])cc2)N(C(=O)OCc2ccc([N+](=O)[O-])cc2)C1)c1ccccc1. The molecule has 13 nitrogen and oxygen atoms in total. The number of hydrogen-bond donors (Lipinski definition) is 0. The number of thioether (sulfide) groups is 1. The topological polar surface area (TPSA) is 162 Å². The van der Waals surface area contributed by atoms with Crippen LogP contribution in [-0.4, -0.2) is 55.5 Å². The monoisotopic (exact) mass is 566 g/mol. The van der Waals surface area contributed by atoms with Crippen molar-refractivity contribution in [3.63, 3.8) is 0 Å². The summed E-state index contributed by atoms with van der Waals surface area (Å²) in [7, 11) is 0. The summed E-state index contributed by atoms with van der Waals surface area (Å²) in [6, 6.07) is 19.5. The van der Waals surface area contributed by atoms with Crippen molar-refractivity contribution in [1.29, 1.82) is 0 Å². The lowest BCUT2D eigenvalue weighted by atomic mass is 10.2. The molecule has 0 saturated carbocycles. The van der Waals surface area contributed by atoms with Gasteiger partial charge in [0.05, 0.1) is 28.2 Å². The molecule has 40 heavy (non-hydrogen) atoms. The van der Waals surface area contributed by atoms with Crippen LogP contribution in [0.2, 0.25) is 0 Å². The number of carbonyl (C=O) groups is 3. The maximum Gasteiger partial charge on any atom is 0.429 e. The third-order valence-corrected chi connectivity index (χ3v) is 6.85. The van der Waals surface area contributed by atoms with Gasteiger partial charge in [0.15, 0.2) is 0 Å². The van der Waals surface area contributed by atoms with Crippen molar-refractivity contribution in [3.05, 3.63) is 116 Å². The molecule has 0 unspecified atom stereocenters. The van der Waals surface area contributed by atoms with Crippen LogP contribution in [0.25, 0.3) is 0 Å². The minimum atomic E-state index is -0.874. The van der Waals surface area contributed by atoms with Crippen LogP contribution in [0.1, 0.15) is 21.5 Å². The third-order valence-electron chi connectivity index (χ3n) is 5.77. The summed E-state index contributed by atoms with van der Waals surface area (Å²) >= 11 is 0.975. The van der Waals surface area contributed by atoms with Crippen LogP contribution in [0.4, 0.5) is 21.0 Å². The summed E-state index contributed by atoms with van der Waals surface area (Å²) in [5.74, 6) is 0. The summed E-state index contributed by atoms with van der Waals surface area (Å²) in [6.07, 6.45) is -1.75. The van der Waals surface area contributed by atoms with Crippen LogP contribution in [0.3, 0.4) is 0 Å². The van der Waals surface area contributed by atoms with Crippen LogP contribution >= 0.6 is 11.8 Å². The average Bonchev–Trinajstić information content (AvgIpc) is 3.39. The van der Waals surface area contributed by atoms with Gasteiger partial charge in [-0.3, -0.25) is 25.0 Å². The Bertz CT molecular complexity index is 1320. The van der Waals surface area contributed by atoms with Gasteiger partial charge in [0.2, 0.25) is 5.12 Å². The summed E-state index contributed by atoms with van der Waals surface area (Å²) in [4.78, 5) is 59.3. The van der Waals surface area contributed by atoms with Crippen LogP contribution in [0.15, 0.2) is 78.9 Å². The first kappa shape index (κ1) is 28.0. The molecule has 2 amide bonds. The van der Waals surface area contributed by atoms with Crippen molar-refractivity contribution in [2.24, 2.45) is 0 Å². The van der Waals surface area contributed by atoms with Gasteiger partial charge in [0.25, 0.3) is 11.4 Å². The second-order valence-electron chi connectivity index (χ2n) is 8.51. The lowest BCUT2D eigenvalue weighted by molar-refractivity contribution is -0.385. The maximum atomic E-state index is 13.0. The number of non-ortho nitro benzene ring substituents is 2. The molecule has 0 N–H and O–H groups in total. The van der Waals surface area contributed by atoms with Gasteiger partial charge in [-0.1, -0.05) is 42.1 Å². The molecule has 0 radical (unpaired) electrons. The summed E-state index contributed by atoms with van der Waals surface area (Å²) in [5.41, 5.74) is 1.24. The molecular formula is C26H22N4O9S. The van der Waals surface area contributed by atoms with Crippen molar-refractivity contribution in [1.82, 2.24) is 10.0 Å². The van der Waals surface area contributed by atoms with Gasteiger partial charge in [-0.25, -0.2) is 19.6 Å². The molecule has 0 bridgehead atoms. The molecule has 1 heterocycles. The molecule has 14 heteroatoms. The highest BCUT2D eigenvalue weighted by atomic mass is 32.2. The lowest BCUT2D eigenvalue weighted by Crippen LogP contribution is -2.45. The number of ether oxygens (including phenoxy) is 2. The minimum Gasteiger partial charge on any atom is -0.443 e. The van der Waals surface area contributed by atoms with E-state index in [2.05, 4.69) is 0 Å². The second kappa shape index (κ2) is 12.7. The van der Waals surface area contributed by atoms with E-state index in [9.17, 15) is 34.6 Å². The van der Waals surface area contributed by atoms with Crippen LogP contribution in [-0.2, 0) is 22.7 Å². The number of nitro groups is 2. The van der Waals surface area contributed by atoms with Gasteiger partial charge in [-0.15, -0.1) is 0 Å². The van der Waals surface area contributed by atoms with Gasteiger partial charge in [-0.2, -0.15) is 0 Å². The minimum absolute atomic E-state index is 0.0189. The Morgan fingerprint density at radius 3 is 1.55 bits per heavy atom. The molecule has 0 aromatic heterocycles. The van der Waals surface area contributed by atoms with Crippen molar-refractivity contribution >= 4 is 40.4 Å². The molecule has 1 aliphatic heterocycles. The first-order valence-corrected chi connectivity index (χ1v) is 12.7. The van der Waals surface area contributed by atoms with Crippen molar-refractivity contribution in [2.45, 2.75) is 18.5 Å². The fourth-order valence-electron chi connectivity index (χ4n) is 3.72. The van der Waals surface area contributed by atoms with Crippen LogP contribution < -0.4 is 0 Å². The number of benzene rings is 3. The van der Waals surface area contributed by atoms with Crippen molar-refractivity contribution in [2.75, 3.05) is 13.1 Å². The maximum absolute atomic E-state index is 13.0. The van der Waals surface area contributed by atoms with E-state index in [1.165, 1.54) is 48.5 Å². The highest BCUT2D eigenvalue weighted by molar-refractivity contribution is 8.14. The Morgan fingerprint density at radius 2 is 1.15 bits per heavy atom. The Morgan fingerprint density at radius 1 is 0.725 bits per heavy atom. The molecule has 0 aliphatic carbocycles. The predicted octanol–water partition coefficient (Wildman–Crippen LogP) is 4.95. The molecular weight excluding hydrogens is 544 g/mol. The number of rotatable bonds is 8. The molecule has 1 saturated heterocycles. The zero-order valence-corrected chi connectivity index (χ0v) is 21.6. The Hall–Kier alpha value is -4.98. The number of amides is 2. The average molecular weight is 567 g/mol. The molecule has 0 spiro atoms. The Labute approximate surface area is 231 Å². The first-order chi connectivity index (χ1) is 19.2. The smallest absolute Gasteiger partial charge is 0.429 e. The Kier molecular flexibility index (Phi) is 8.91. The third kappa shape index (κ3) is 7.11. The van der Waals surface area contributed by atoms with E-state index in [4.69, 9.17) is 9.47 Å². The molecule has 1 fully saturated rings. The van der Waals surface area contributed by atoms with E-state index in [0.717, 1.165) is 21.8 Å². The summed E-state index contributed by atoms with van der Waals surface area (Å²) in [6.45, 7) is -0.455. The Balaban J connectivity index is 1.42. The highest BCUT2D eigenvalue weighted by Gasteiger charge is 2.40. The van der Waals surface area contributed by atoms with Gasteiger partial charge in [-0.05, 0) is 35.4 Å². The molecule has 206 valence electrons. The van der Waals surface area contributed by atoms with Gasteiger partial charge in [0, 0.05) is 29.8 Å². The number of nitro benzene ring substituents is 2. The van der Waals surface area contributed by atoms with Gasteiger partial charge in [0.1, 0.15) is 13.2 Å². The standard InChI is InChI=1S/C26H22N4O9S/c31-24(20-4-2-1-3-5-20)40-23-14-27(25(32)38-16-18-6-10-21(11-7-18)29(34)35)28(15-23)26(33)39-17-19-8-12-22(13-9-19)30(36)37/h1-13,23H,14-17H2. The van der Waals surface area contributed by atoms with E-state index in [0.29, 0.717) is 16.7 Å². The quantitative estimate of drug-likeness (QED) is 0.269. The zero-order chi connectivity index (χ0) is 28.6. The van der Waals surface area contributed by atoms with Crippen molar-refractivity contribution < 1.29 is 33.7 Å². The van der Waals surface area contributed by atoms with E-state index >= 15 is 0 Å². The van der Waals surface area contributed by atoms with Crippen molar-refractivity contribution in [3.8, 4) is 0 Å². The van der Waals surface area contributed by atoms with E-state index in [1.807, 2.05) is 0 Å². The summed E-state index contributed by atoms with van der Waals surface area (Å²) < 4.78 is 10.7.